The van der Waals surface area contributed by atoms with Crippen LogP contribution in [0.15, 0.2) is 24.3 Å². The number of anilines is 1. The molecule has 6 heteroatoms. The number of rotatable bonds is 6. The minimum absolute atomic E-state index is 0.202. The van der Waals surface area contributed by atoms with E-state index in [1.54, 1.807) is 11.3 Å². The predicted molar refractivity (Wildman–Crippen MR) is 97.2 cm³/mol. The van der Waals surface area contributed by atoms with Crippen LogP contribution in [0, 0.1) is 11.7 Å². The predicted octanol–water partition coefficient (Wildman–Crippen LogP) is 3.44. The van der Waals surface area contributed by atoms with Crippen LogP contribution in [0.4, 0.5) is 9.52 Å². The quantitative estimate of drug-likeness (QED) is 0.800. The molecule has 0 spiro atoms. The van der Waals surface area contributed by atoms with E-state index in [-0.39, 0.29) is 5.82 Å². The van der Waals surface area contributed by atoms with Crippen LogP contribution in [0.3, 0.4) is 0 Å². The zero-order chi connectivity index (χ0) is 16.9. The molecule has 2 heterocycles. The summed E-state index contributed by atoms with van der Waals surface area (Å²) in [6.45, 7) is 9.98. The number of aromatic nitrogens is 2. The summed E-state index contributed by atoms with van der Waals surface area (Å²) in [4.78, 5) is 4.87. The van der Waals surface area contributed by atoms with E-state index in [9.17, 15) is 4.39 Å². The van der Waals surface area contributed by atoms with Crippen LogP contribution >= 0.6 is 11.3 Å². The molecule has 0 unspecified atom stereocenters. The topological polar surface area (TPSA) is 32.3 Å². The summed E-state index contributed by atoms with van der Waals surface area (Å²) >= 11 is 1.65. The Bertz CT molecular complexity index is 633. The molecule has 1 fully saturated rings. The highest BCUT2D eigenvalue weighted by Crippen LogP contribution is 2.23. The Morgan fingerprint density at radius 1 is 1.08 bits per heavy atom. The van der Waals surface area contributed by atoms with Gasteiger partial charge in [0.25, 0.3) is 0 Å². The van der Waals surface area contributed by atoms with Crippen molar-refractivity contribution in [1.29, 1.82) is 0 Å². The molecule has 130 valence electrons. The van der Waals surface area contributed by atoms with Crippen molar-refractivity contribution >= 4 is 16.5 Å². The van der Waals surface area contributed by atoms with Gasteiger partial charge < -0.3 is 4.90 Å². The molecule has 0 amide bonds. The largest absolute Gasteiger partial charge is 0.344 e. The molecule has 2 aromatic rings. The molecule has 24 heavy (non-hydrogen) atoms. The highest BCUT2D eigenvalue weighted by Gasteiger charge is 2.20. The zero-order valence-electron chi connectivity index (χ0n) is 14.4. The summed E-state index contributed by atoms with van der Waals surface area (Å²) in [7, 11) is 0. The van der Waals surface area contributed by atoms with E-state index in [0.717, 1.165) is 47.8 Å². The van der Waals surface area contributed by atoms with E-state index >= 15 is 0 Å². The van der Waals surface area contributed by atoms with E-state index in [0.29, 0.717) is 6.42 Å². The Kier molecular flexibility index (Phi) is 5.79. The van der Waals surface area contributed by atoms with Crippen molar-refractivity contribution in [2.24, 2.45) is 5.92 Å². The van der Waals surface area contributed by atoms with Crippen LogP contribution in [0.25, 0.3) is 0 Å². The van der Waals surface area contributed by atoms with Gasteiger partial charge in [-0.15, -0.1) is 10.2 Å². The maximum absolute atomic E-state index is 13.0. The van der Waals surface area contributed by atoms with Crippen LogP contribution < -0.4 is 4.90 Å². The van der Waals surface area contributed by atoms with Crippen LogP contribution in [-0.2, 0) is 6.42 Å². The second kappa shape index (κ2) is 8.03. The normalized spacial score (nSPS) is 16.1. The van der Waals surface area contributed by atoms with Crippen LogP contribution in [-0.4, -0.2) is 47.8 Å². The molecule has 0 bridgehead atoms. The van der Waals surface area contributed by atoms with Gasteiger partial charge in [0, 0.05) is 32.6 Å². The number of piperazine rings is 1. The summed E-state index contributed by atoms with van der Waals surface area (Å²) in [6, 6.07) is 6.61. The fourth-order valence-corrected chi connectivity index (χ4v) is 3.75. The van der Waals surface area contributed by atoms with Gasteiger partial charge >= 0.3 is 0 Å². The first-order chi connectivity index (χ1) is 11.6. The summed E-state index contributed by atoms with van der Waals surface area (Å²) in [5.74, 6) is 0.562. The molecule has 0 saturated carbocycles. The van der Waals surface area contributed by atoms with E-state index in [1.807, 2.05) is 12.1 Å². The van der Waals surface area contributed by atoms with Crippen LogP contribution in [0.1, 0.15) is 30.8 Å². The molecule has 1 aromatic heterocycles. The summed E-state index contributed by atoms with van der Waals surface area (Å²) in [6.07, 6.45) is 1.98. The zero-order valence-corrected chi connectivity index (χ0v) is 15.2. The standard InChI is InChI=1S/C18H25FN4S/c1-14(2)7-8-22-9-11-23(12-10-22)18-21-20-17(24-18)13-15-3-5-16(19)6-4-15/h3-6,14H,7-13H2,1-2H3. The number of benzene rings is 1. The monoisotopic (exact) mass is 348 g/mol. The Hall–Kier alpha value is -1.53. The first-order valence-electron chi connectivity index (χ1n) is 8.64. The maximum Gasteiger partial charge on any atom is 0.208 e. The van der Waals surface area contributed by atoms with Crippen molar-refractivity contribution in [3.63, 3.8) is 0 Å². The number of hydrogen-bond donors (Lipinski definition) is 0. The molecule has 0 aliphatic carbocycles. The van der Waals surface area contributed by atoms with E-state index in [1.165, 1.54) is 25.1 Å². The summed E-state index contributed by atoms with van der Waals surface area (Å²) < 4.78 is 13.0. The van der Waals surface area contributed by atoms with Crippen LogP contribution in [0.2, 0.25) is 0 Å². The van der Waals surface area contributed by atoms with Crippen molar-refractivity contribution in [3.05, 3.63) is 40.7 Å². The molecule has 0 radical (unpaired) electrons. The van der Waals surface area contributed by atoms with Gasteiger partial charge in [0.15, 0.2) is 0 Å². The fraction of sp³-hybridized carbons (Fsp3) is 0.556. The van der Waals surface area contributed by atoms with E-state index in [4.69, 9.17) is 0 Å². The molecule has 3 rings (SSSR count). The second-order valence-corrected chi connectivity index (χ2v) is 7.83. The molecular formula is C18H25FN4S. The molecular weight excluding hydrogens is 323 g/mol. The average Bonchev–Trinajstić information content (AvgIpc) is 3.04. The SMILES string of the molecule is CC(C)CCN1CCN(c2nnc(Cc3ccc(F)cc3)s2)CC1. The minimum atomic E-state index is -0.202. The van der Waals surface area contributed by atoms with Gasteiger partial charge in [0.2, 0.25) is 5.13 Å². The van der Waals surface area contributed by atoms with Crippen molar-refractivity contribution in [2.75, 3.05) is 37.6 Å². The van der Waals surface area contributed by atoms with Gasteiger partial charge in [-0.1, -0.05) is 37.3 Å². The van der Waals surface area contributed by atoms with Crippen molar-refractivity contribution in [2.45, 2.75) is 26.7 Å². The van der Waals surface area contributed by atoms with E-state index in [2.05, 4.69) is 33.8 Å². The Balaban J connectivity index is 1.52. The van der Waals surface area contributed by atoms with Crippen molar-refractivity contribution < 1.29 is 4.39 Å². The molecule has 1 saturated heterocycles. The van der Waals surface area contributed by atoms with Gasteiger partial charge in [-0.05, 0) is 36.6 Å². The molecule has 1 aromatic carbocycles. The summed E-state index contributed by atoms with van der Waals surface area (Å²) in [5, 5.41) is 10.7. The lowest BCUT2D eigenvalue weighted by molar-refractivity contribution is 0.243. The Morgan fingerprint density at radius 3 is 2.46 bits per heavy atom. The van der Waals surface area contributed by atoms with Gasteiger partial charge in [0.05, 0.1) is 0 Å². The van der Waals surface area contributed by atoms with Gasteiger partial charge in [-0.3, -0.25) is 4.90 Å². The lowest BCUT2D eigenvalue weighted by atomic mass is 10.1. The third kappa shape index (κ3) is 4.74. The first-order valence-corrected chi connectivity index (χ1v) is 9.46. The highest BCUT2D eigenvalue weighted by atomic mass is 32.1. The van der Waals surface area contributed by atoms with Crippen molar-refractivity contribution in [1.82, 2.24) is 15.1 Å². The lowest BCUT2D eigenvalue weighted by Gasteiger charge is -2.34. The van der Waals surface area contributed by atoms with Gasteiger partial charge in [-0.2, -0.15) is 0 Å². The van der Waals surface area contributed by atoms with Crippen LogP contribution in [0.5, 0.6) is 0 Å². The smallest absolute Gasteiger partial charge is 0.208 e. The summed E-state index contributed by atoms with van der Waals surface area (Å²) in [5.41, 5.74) is 1.07. The number of nitrogens with zero attached hydrogens (tertiary/aromatic N) is 4. The van der Waals surface area contributed by atoms with Gasteiger partial charge in [0.1, 0.15) is 10.8 Å². The fourth-order valence-electron chi connectivity index (χ4n) is 2.82. The molecule has 0 N–H and O–H groups in total. The third-order valence-corrected chi connectivity index (χ3v) is 5.37. The molecule has 4 nitrogen and oxygen atoms in total. The highest BCUT2D eigenvalue weighted by molar-refractivity contribution is 7.15. The first kappa shape index (κ1) is 17.3. The molecule has 1 aliphatic rings. The molecule has 0 atom stereocenters. The number of hydrogen-bond acceptors (Lipinski definition) is 5. The molecule has 1 aliphatic heterocycles. The lowest BCUT2D eigenvalue weighted by Crippen LogP contribution is -2.46. The van der Waals surface area contributed by atoms with Gasteiger partial charge in [-0.25, -0.2) is 4.39 Å². The Morgan fingerprint density at radius 2 is 1.79 bits per heavy atom. The minimum Gasteiger partial charge on any atom is -0.344 e. The van der Waals surface area contributed by atoms with E-state index < -0.39 is 0 Å². The Labute approximate surface area is 147 Å². The third-order valence-electron chi connectivity index (χ3n) is 4.39. The van der Waals surface area contributed by atoms with Crippen molar-refractivity contribution in [3.8, 4) is 0 Å². The second-order valence-electron chi connectivity index (χ2n) is 6.79. The number of halogens is 1. The average molecular weight is 348 g/mol. The maximum atomic E-state index is 13.0.